The Balaban J connectivity index is 1.54. The molecule has 1 atom stereocenters. The molecule has 1 amide bonds. The number of fused-ring (bicyclic) bond motifs is 1. The van der Waals surface area contributed by atoms with Crippen LogP contribution in [0.4, 0.5) is 11.6 Å². The number of rotatable bonds is 4. The lowest BCUT2D eigenvalue weighted by atomic mass is 10.1. The van der Waals surface area contributed by atoms with Gasteiger partial charge in [-0.3, -0.25) is 4.79 Å². The minimum absolute atomic E-state index is 0.197. The molecule has 0 spiro atoms. The van der Waals surface area contributed by atoms with Crippen molar-refractivity contribution in [2.24, 2.45) is 0 Å². The van der Waals surface area contributed by atoms with Crippen molar-refractivity contribution in [1.29, 1.82) is 0 Å². The molecule has 2 heterocycles. The van der Waals surface area contributed by atoms with Crippen LogP contribution in [-0.2, 0) is 13.0 Å². The van der Waals surface area contributed by atoms with Gasteiger partial charge in [0.05, 0.1) is 0 Å². The van der Waals surface area contributed by atoms with Crippen molar-refractivity contribution in [2.75, 3.05) is 4.90 Å². The van der Waals surface area contributed by atoms with Crippen LogP contribution in [0.15, 0.2) is 66.9 Å². The zero-order valence-electron chi connectivity index (χ0n) is 14.6. The van der Waals surface area contributed by atoms with E-state index in [1.54, 1.807) is 12.3 Å². The van der Waals surface area contributed by atoms with Gasteiger partial charge in [0, 0.05) is 24.5 Å². The Morgan fingerprint density at radius 1 is 1.12 bits per heavy atom. The highest BCUT2D eigenvalue weighted by Crippen LogP contribution is 2.36. The topological polar surface area (TPSA) is 58.1 Å². The number of carbonyl (C=O) groups excluding carboxylic acids is 1. The van der Waals surface area contributed by atoms with Crippen molar-refractivity contribution in [3.8, 4) is 0 Å². The highest BCUT2D eigenvalue weighted by molar-refractivity contribution is 5.92. The maximum absolute atomic E-state index is 12.5. The average Bonchev–Trinajstić information content (AvgIpc) is 3.02. The van der Waals surface area contributed by atoms with Crippen molar-refractivity contribution >= 4 is 17.5 Å². The number of nitrogens with zero attached hydrogens (tertiary/aromatic N) is 3. The van der Waals surface area contributed by atoms with Gasteiger partial charge in [-0.1, -0.05) is 48.5 Å². The van der Waals surface area contributed by atoms with E-state index in [-0.39, 0.29) is 11.9 Å². The van der Waals surface area contributed by atoms with Crippen LogP contribution in [0.2, 0.25) is 0 Å². The lowest BCUT2D eigenvalue weighted by molar-refractivity contribution is 0.0946. The summed E-state index contributed by atoms with van der Waals surface area (Å²) in [7, 11) is 0. The maximum atomic E-state index is 12.5. The molecule has 130 valence electrons. The first-order valence-corrected chi connectivity index (χ1v) is 8.74. The first-order valence-electron chi connectivity index (χ1n) is 8.74. The molecule has 5 heteroatoms. The van der Waals surface area contributed by atoms with Crippen molar-refractivity contribution in [3.05, 3.63) is 83.7 Å². The monoisotopic (exact) mass is 344 g/mol. The van der Waals surface area contributed by atoms with Crippen molar-refractivity contribution in [1.82, 2.24) is 15.3 Å². The van der Waals surface area contributed by atoms with Crippen LogP contribution in [0.3, 0.4) is 0 Å². The Morgan fingerprint density at radius 2 is 1.88 bits per heavy atom. The molecule has 0 bridgehead atoms. The Kier molecular flexibility index (Phi) is 4.35. The van der Waals surface area contributed by atoms with E-state index in [1.165, 1.54) is 5.56 Å². The second kappa shape index (κ2) is 6.96. The molecule has 1 unspecified atom stereocenters. The number of aromatic nitrogens is 2. The predicted octanol–water partition coefficient (Wildman–Crippen LogP) is 3.49. The van der Waals surface area contributed by atoms with Crippen LogP contribution < -0.4 is 10.2 Å². The molecule has 0 saturated carbocycles. The number of hydrogen-bond acceptors (Lipinski definition) is 4. The van der Waals surface area contributed by atoms with E-state index in [0.717, 1.165) is 17.7 Å². The molecule has 0 aliphatic carbocycles. The number of anilines is 2. The second-order valence-corrected chi connectivity index (χ2v) is 6.46. The molecule has 1 N–H and O–H groups in total. The maximum Gasteiger partial charge on any atom is 0.270 e. The second-order valence-electron chi connectivity index (χ2n) is 6.46. The Morgan fingerprint density at radius 3 is 2.73 bits per heavy atom. The van der Waals surface area contributed by atoms with Crippen molar-refractivity contribution in [2.45, 2.75) is 25.9 Å². The molecule has 0 fully saturated rings. The Labute approximate surface area is 152 Å². The van der Waals surface area contributed by atoms with Gasteiger partial charge in [-0.15, -0.1) is 0 Å². The van der Waals surface area contributed by atoms with Gasteiger partial charge in [-0.25, -0.2) is 9.97 Å². The fraction of sp³-hybridized carbons (Fsp3) is 0.190. The van der Waals surface area contributed by atoms with Gasteiger partial charge in [0.2, 0.25) is 5.95 Å². The first kappa shape index (κ1) is 16.3. The SMILES string of the molecule is CC1Cc2ccccc2N1c1nccc(C(=O)NCc2ccccc2)n1. The van der Waals surface area contributed by atoms with E-state index < -0.39 is 0 Å². The number of nitrogens with one attached hydrogen (secondary N) is 1. The number of carbonyl (C=O) groups is 1. The highest BCUT2D eigenvalue weighted by Gasteiger charge is 2.29. The molecule has 1 aromatic heterocycles. The zero-order valence-corrected chi connectivity index (χ0v) is 14.6. The standard InChI is InChI=1S/C21H20N4O/c1-15-13-17-9-5-6-10-19(17)25(15)21-22-12-11-18(24-21)20(26)23-14-16-7-3-2-4-8-16/h2-12,15H,13-14H2,1H3,(H,23,26). The Bertz CT molecular complexity index is 926. The molecular weight excluding hydrogens is 324 g/mol. The fourth-order valence-electron chi connectivity index (χ4n) is 3.33. The summed E-state index contributed by atoms with van der Waals surface area (Å²) >= 11 is 0. The summed E-state index contributed by atoms with van der Waals surface area (Å²) in [4.78, 5) is 23.5. The average molecular weight is 344 g/mol. The third-order valence-electron chi connectivity index (χ3n) is 4.59. The summed E-state index contributed by atoms with van der Waals surface area (Å²) in [6.07, 6.45) is 2.59. The summed E-state index contributed by atoms with van der Waals surface area (Å²) in [5.41, 5.74) is 3.82. The first-order chi connectivity index (χ1) is 12.7. The molecule has 1 aliphatic heterocycles. The smallest absolute Gasteiger partial charge is 0.270 e. The van der Waals surface area contributed by atoms with Gasteiger partial charge in [-0.05, 0) is 36.6 Å². The minimum Gasteiger partial charge on any atom is -0.347 e. The van der Waals surface area contributed by atoms with Crippen LogP contribution in [0.5, 0.6) is 0 Å². The van der Waals surface area contributed by atoms with E-state index in [9.17, 15) is 4.79 Å². The molecule has 5 nitrogen and oxygen atoms in total. The number of para-hydroxylation sites is 1. The minimum atomic E-state index is -0.197. The van der Waals surface area contributed by atoms with E-state index in [4.69, 9.17) is 0 Å². The number of hydrogen-bond donors (Lipinski definition) is 1. The van der Waals surface area contributed by atoms with Gasteiger partial charge in [0.15, 0.2) is 0 Å². The van der Waals surface area contributed by atoms with E-state index in [1.807, 2.05) is 42.5 Å². The summed E-state index contributed by atoms with van der Waals surface area (Å²) in [5.74, 6) is 0.368. The zero-order chi connectivity index (χ0) is 17.9. The lowest BCUT2D eigenvalue weighted by Crippen LogP contribution is -2.28. The Hall–Kier alpha value is -3.21. The third-order valence-corrected chi connectivity index (χ3v) is 4.59. The van der Waals surface area contributed by atoms with Crippen LogP contribution >= 0.6 is 0 Å². The van der Waals surface area contributed by atoms with Crippen molar-refractivity contribution in [3.63, 3.8) is 0 Å². The fourth-order valence-corrected chi connectivity index (χ4v) is 3.33. The quantitative estimate of drug-likeness (QED) is 0.787. The molecule has 0 radical (unpaired) electrons. The normalized spacial score (nSPS) is 15.6. The third kappa shape index (κ3) is 3.16. The molecular formula is C21H20N4O. The number of benzene rings is 2. The largest absolute Gasteiger partial charge is 0.347 e. The lowest BCUT2D eigenvalue weighted by Gasteiger charge is -2.22. The van der Waals surface area contributed by atoms with Crippen LogP contribution in [0, 0.1) is 0 Å². The summed E-state index contributed by atoms with van der Waals surface area (Å²) < 4.78 is 0. The van der Waals surface area contributed by atoms with Gasteiger partial charge >= 0.3 is 0 Å². The van der Waals surface area contributed by atoms with Crippen LogP contribution in [0.1, 0.15) is 28.5 Å². The van der Waals surface area contributed by atoms with Crippen LogP contribution in [-0.4, -0.2) is 21.9 Å². The summed E-state index contributed by atoms with van der Waals surface area (Å²) in [5, 5.41) is 2.92. The van der Waals surface area contributed by atoms with Gasteiger partial charge in [0.25, 0.3) is 5.91 Å². The molecule has 3 aromatic rings. The van der Waals surface area contributed by atoms with Gasteiger partial charge < -0.3 is 10.2 Å². The van der Waals surface area contributed by atoms with E-state index in [0.29, 0.717) is 18.2 Å². The van der Waals surface area contributed by atoms with E-state index >= 15 is 0 Å². The van der Waals surface area contributed by atoms with E-state index in [2.05, 4.69) is 39.2 Å². The van der Waals surface area contributed by atoms with Crippen molar-refractivity contribution < 1.29 is 4.79 Å². The molecule has 26 heavy (non-hydrogen) atoms. The molecule has 1 aliphatic rings. The predicted molar refractivity (Wildman–Crippen MR) is 101 cm³/mol. The van der Waals surface area contributed by atoms with Gasteiger partial charge in [-0.2, -0.15) is 0 Å². The molecule has 2 aromatic carbocycles. The van der Waals surface area contributed by atoms with Gasteiger partial charge in [0.1, 0.15) is 5.69 Å². The summed E-state index contributed by atoms with van der Waals surface area (Å²) in [6, 6.07) is 20.0. The molecule has 4 rings (SSSR count). The molecule has 0 saturated heterocycles. The van der Waals surface area contributed by atoms with Crippen LogP contribution in [0.25, 0.3) is 0 Å². The number of amides is 1. The summed E-state index contributed by atoms with van der Waals surface area (Å²) in [6.45, 7) is 2.62. The highest BCUT2D eigenvalue weighted by atomic mass is 16.1.